The van der Waals surface area contributed by atoms with Gasteiger partial charge in [-0.25, -0.2) is 27.8 Å². The Labute approximate surface area is 228 Å². The van der Waals surface area contributed by atoms with Gasteiger partial charge in [0.05, 0.1) is 18.4 Å². The lowest BCUT2D eigenvalue weighted by Gasteiger charge is -2.48. The molecule has 1 N–H and O–H groups in total. The van der Waals surface area contributed by atoms with Crippen LogP contribution in [0.4, 0.5) is 27.8 Å². The molecule has 0 aliphatic carbocycles. The smallest absolute Gasteiger partial charge is 0.233 e. The lowest BCUT2D eigenvalue weighted by molar-refractivity contribution is 0.0194. The molecule has 12 heteroatoms. The van der Waals surface area contributed by atoms with Crippen molar-refractivity contribution in [1.29, 1.82) is 0 Å². The highest BCUT2D eigenvalue weighted by Crippen LogP contribution is 2.39. The zero-order valence-corrected chi connectivity index (χ0v) is 23.8. The SMILES string of the molecule is CO[C@H]1CCN(c2ncnc(Nc3cc4c(C(C)C)ccc(N5C[C@H](CS(C)(=O)=O)[C@H]5C)c4cn3)n2)C[C@H]1F. The Morgan fingerprint density at radius 1 is 1.18 bits per heavy atom. The van der Waals surface area contributed by atoms with E-state index in [9.17, 15) is 12.8 Å². The molecule has 0 amide bonds. The maximum absolute atomic E-state index is 14.4. The fourth-order valence-electron chi connectivity index (χ4n) is 5.60. The summed E-state index contributed by atoms with van der Waals surface area (Å²) in [7, 11) is -1.50. The highest BCUT2D eigenvalue weighted by atomic mass is 32.2. The number of hydrogen-bond donors (Lipinski definition) is 1. The zero-order valence-electron chi connectivity index (χ0n) is 23.0. The molecule has 0 radical (unpaired) electrons. The summed E-state index contributed by atoms with van der Waals surface area (Å²) in [6.45, 7) is 7.83. The van der Waals surface area contributed by atoms with Crippen molar-refractivity contribution in [2.75, 3.05) is 53.9 Å². The molecule has 4 heterocycles. The average Bonchev–Trinajstić information content (AvgIpc) is 2.89. The predicted octanol–water partition coefficient (Wildman–Crippen LogP) is 3.72. The molecule has 0 unspecified atom stereocenters. The van der Waals surface area contributed by atoms with Gasteiger partial charge < -0.3 is 19.9 Å². The Morgan fingerprint density at radius 3 is 2.64 bits per heavy atom. The Hall–Kier alpha value is -3.12. The van der Waals surface area contributed by atoms with Gasteiger partial charge in [-0.15, -0.1) is 0 Å². The number of ether oxygens (including phenoxy) is 1. The molecule has 210 valence electrons. The van der Waals surface area contributed by atoms with Crippen molar-refractivity contribution in [3.63, 3.8) is 0 Å². The standard InChI is InChI=1S/C27H36FN7O3S/c1-16(2)19-6-7-23(35-12-18(17(35)3)14-39(5,36)37)21-11-29-25(10-20(19)21)32-26-30-15-31-27(33-26)34-9-8-24(38-4)22(28)13-34/h6-7,10-11,15-18,22,24H,8-9,12-14H2,1-5H3,(H,29,30,31,32,33)/t17-,18-,22-,24+/m1/s1. The normalized spacial score (nSPS) is 23.8. The van der Waals surface area contributed by atoms with E-state index in [1.54, 1.807) is 4.90 Å². The summed E-state index contributed by atoms with van der Waals surface area (Å²) >= 11 is 0. The molecule has 0 spiro atoms. The number of hydrogen-bond acceptors (Lipinski definition) is 10. The molecule has 2 fully saturated rings. The second kappa shape index (κ2) is 10.8. The Kier molecular flexibility index (Phi) is 7.60. The first-order chi connectivity index (χ1) is 18.5. The summed E-state index contributed by atoms with van der Waals surface area (Å²) in [5.74, 6) is 1.93. The molecule has 5 rings (SSSR count). The Bertz CT molecular complexity index is 1450. The molecule has 0 saturated carbocycles. The van der Waals surface area contributed by atoms with Gasteiger partial charge in [0.2, 0.25) is 11.9 Å². The van der Waals surface area contributed by atoms with Crippen molar-refractivity contribution in [2.24, 2.45) is 5.92 Å². The number of nitrogens with one attached hydrogen (secondary N) is 1. The van der Waals surface area contributed by atoms with Crippen LogP contribution >= 0.6 is 0 Å². The minimum absolute atomic E-state index is 0.111. The minimum atomic E-state index is -3.03. The van der Waals surface area contributed by atoms with Crippen LogP contribution in [0, 0.1) is 5.92 Å². The van der Waals surface area contributed by atoms with Crippen molar-refractivity contribution < 1.29 is 17.5 Å². The maximum Gasteiger partial charge on any atom is 0.233 e. The lowest BCUT2D eigenvalue weighted by Crippen LogP contribution is -2.57. The van der Waals surface area contributed by atoms with E-state index in [4.69, 9.17) is 4.74 Å². The number of benzene rings is 1. The van der Waals surface area contributed by atoms with Gasteiger partial charge in [0.25, 0.3) is 0 Å². The number of piperidine rings is 1. The summed E-state index contributed by atoms with van der Waals surface area (Å²) < 4.78 is 43.3. The molecule has 0 bridgehead atoms. The van der Waals surface area contributed by atoms with Crippen LogP contribution in [0.25, 0.3) is 10.8 Å². The highest BCUT2D eigenvalue weighted by molar-refractivity contribution is 7.90. The van der Waals surface area contributed by atoms with Gasteiger partial charge in [0.1, 0.15) is 28.2 Å². The minimum Gasteiger partial charge on any atom is -0.378 e. The summed E-state index contributed by atoms with van der Waals surface area (Å²) in [6.07, 6.45) is 3.59. The van der Waals surface area contributed by atoms with Gasteiger partial charge in [-0.1, -0.05) is 19.9 Å². The van der Waals surface area contributed by atoms with Gasteiger partial charge in [-0.2, -0.15) is 4.98 Å². The number of fused-ring (bicyclic) bond motifs is 1. The molecule has 3 aromatic rings. The zero-order chi connectivity index (χ0) is 27.9. The molecule has 10 nitrogen and oxygen atoms in total. The summed E-state index contributed by atoms with van der Waals surface area (Å²) in [5, 5.41) is 5.27. The van der Waals surface area contributed by atoms with Crippen LogP contribution in [0.3, 0.4) is 0 Å². The quantitative estimate of drug-likeness (QED) is 0.440. The molecule has 2 aliphatic rings. The van der Waals surface area contributed by atoms with Gasteiger partial charge in [-0.05, 0) is 42.3 Å². The molecule has 2 aliphatic heterocycles. The summed E-state index contributed by atoms with van der Waals surface area (Å²) in [5.41, 5.74) is 2.24. The molecule has 39 heavy (non-hydrogen) atoms. The van der Waals surface area contributed by atoms with E-state index in [0.29, 0.717) is 37.2 Å². The van der Waals surface area contributed by atoms with E-state index < -0.39 is 22.1 Å². The van der Waals surface area contributed by atoms with Gasteiger partial charge in [0.15, 0.2) is 0 Å². The number of rotatable bonds is 8. The van der Waals surface area contributed by atoms with Crippen molar-refractivity contribution in [1.82, 2.24) is 19.9 Å². The summed E-state index contributed by atoms with van der Waals surface area (Å²) in [6, 6.07) is 6.37. The molecule has 1 aromatic carbocycles. The van der Waals surface area contributed by atoms with Crippen molar-refractivity contribution in [2.45, 2.75) is 51.4 Å². The van der Waals surface area contributed by atoms with Crippen LogP contribution < -0.4 is 15.1 Å². The first-order valence-electron chi connectivity index (χ1n) is 13.3. The van der Waals surface area contributed by atoms with Crippen LogP contribution in [-0.4, -0.2) is 85.4 Å². The largest absolute Gasteiger partial charge is 0.378 e. The van der Waals surface area contributed by atoms with Crippen LogP contribution in [0.5, 0.6) is 0 Å². The van der Waals surface area contributed by atoms with E-state index in [1.165, 1.54) is 25.3 Å². The second-order valence-electron chi connectivity index (χ2n) is 10.9. The number of methoxy groups -OCH3 is 1. The number of pyridine rings is 1. The topological polar surface area (TPSA) is 113 Å². The van der Waals surface area contributed by atoms with E-state index in [-0.39, 0.29) is 30.2 Å². The first-order valence-corrected chi connectivity index (χ1v) is 15.3. The van der Waals surface area contributed by atoms with Crippen molar-refractivity contribution in [3.05, 3.63) is 36.3 Å². The van der Waals surface area contributed by atoms with Gasteiger partial charge in [-0.3, -0.25) is 0 Å². The Balaban J connectivity index is 1.40. The fraction of sp³-hybridized carbons (Fsp3) is 0.556. The average molecular weight is 558 g/mol. The van der Waals surface area contributed by atoms with Crippen LogP contribution in [0.1, 0.15) is 38.7 Å². The number of sulfone groups is 1. The number of halogens is 1. The second-order valence-corrected chi connectivity index (χ2v) is 13.1. The third-order valence-electron chi connectivity index (χ3n) is 7.83. The number of nitrogens with zero attached hydrogens (tertiary/aromatic N) is 6. The number of anilines is 4. The number of alkyl halides is 1. The van der Waals surface area contributed by atoms with E-state index in [2.05, 4.69) is 63.1 Å². The summed E-state index contributed by atoms with van der Waals surface area (Å²) in [4.78, 5) is 21.7. The monoisotopic (exact) mass is 557 g/mol. The van der Waals surface area contributed by atoms with Gasteiger partial charge in [0, 0.05) is 55.7 Å². The third kappa shape index (κ3) is 5.76. The maximum atomic E-state index is 14.4. The number of aromatic nitrogens is 4. The lowest BCUT2D eigenvalue weighted by atomic mass is 9.88. The van der Waals surface area contributed by atoms with Crippen LogP contribution in [0.2, 0.25) is 0 Å². The first kappa shape index (κ1) is 27.4. The molecule has 2 aromatic heterocycles. The fourth-order valence-corrected chi connectivity index (χ4v) is 6.76. The molecule has 2 saturated heterocycles. The highest BCUT2D eigenvalue weighted by Gasteiger charge is 2.38. The third-order valence-corrected chi connectivity index (χ3v) is 8.86. The van der Waals surface area contributed by atoms with Crippen molar-refractivity contribution >= 4 is 44.0 Å². The van der Waals surface area contributed by atoms with E-state index in [1.807, 2.05) is 12.3 Å². The molecular weight excluding hydrogens is 521 g/mol. The van der Waals surface area contributed by atoms with E-state index >= 15 is 0 Å². The van der Waals surface area contributed by atoms with Crippen LogP contribution in [0.15, 0.2) is 30.7 Å². The molecular formula is C27H36FN7O3S. The van der Waals surface area contributed by atoms with Gasteiger partial charge >= 0.3 is 0 Å². The van der Waals surface area contributed by atoms with Crippen LogP contribution in [-0.2, 0) is 14.6 Å². The Morgan fingerprint density at radius 2 is 1.97 bits per heavy atom. The molecule has 4 atom stereocenters. The predicted molar refractivity (Wildman–Crippen MR) is 151 cm³/mol. The van der Waals surface area contributed by atoms with Crippen molar-refractivity contribution in [3.8, 4) is 0 Å². The van der Waals surface area contributed by atoms with E-state index in [0.717, 1.165) is 16.5 Å².